The maximum Gasteiger partial charge on any atom is 0.258 e. The number of hydrogen-bond acceptors (Lipinski definition) is 1. The van der Waals surface area contributed by atoms with Gasteiger partial charge in [-0.3, -0.25) is 4.79 Å². The number of halogens is 3. The van der Waals surface area contributed by atoms with E-state index >= 15 is 0 Å². The summed E-state index contributed by atoms with van der Waals surface area (Å²) in [5.74, 6) is -2.95. The Balaban J connectivity index is 2.31. The molecule has 98 valence electrons. The van der Waals surface area contributed by atoms with Gasteiger partial charge in [-0.25, -0.2) is 8.78 Å². The molecule has 0 aromatic heterocycles. The van der Waals surface area contributed by atoms with Crippen LogP contribution < -0.4 is 5.32 Å². The van der Waals surface area contributed by atoms with E-state index in [0.717, 1.165) is 11.6 Å². The lowest BCUT2D eigenvalue weighted by molar-refractivity contribution is 0.102. The van der Waals surface area contributed by atoms with Crippen LogP contribution in [0.25, 0.3) is 0 Å². The van der Waals surface area contributed by atoms with Gasteiger partial charge in [0.1, 0.15) is 0 Å². The zero-order valence-corrected chi connectivity index (χ0v) is 10.8. The average molecular weight is 282 g/mol. The highest BCUT2D eigenvalue weighted by Gasteiger charge is 2.15. The zero-order chi connectivity index (χ0) is 14.0. The number of carbonyl (C=O) groups excluding carboxylic acids is 1. The first-order chi connectivity index (χ1) is 8.99. The molecule has 0 bridgehead atoms. The Morgan fingerprint density at radius 3 is 2.68 bits per heavy atom. The third kappa shape index (κ3) is 2.90. The topological polar surface area (TPSA) is 29.1 Å². The van der Waals surface area contributed by atoms with Gasteiger partial charge in [-0.1, -0.05) is 23.7 Å². The van der Waals surface area contributed by atoms with E-state index in [2.05, 4.69) is 5.32 Å². The number of benzene rings is 2. The van der Waals surface area contributed by atoms with Crippen LogP contribution in [0.15, 0.2) is 36.4 Å². The molecule has 0 heterocycles. The maximum atomic E-state index is 13.5. The highest BCUT2D eigenvalue weighted by atomic mass is 35.5. The van der Waals surface area contributed by atoms with Crippen molar-refractivity contribution in [3.8, 4) is 0 Å². The van der Waals surface area contributed by atoms with Crippen molar-refractivity contribution in [2.45, 2.75) is 6.92 Å². The highest BCUT2D eigenvalue weighted by molar-refractivity contribution is 6.31. The first-order valence-electron chi connectivity index (χ1n) is 5.50. The quantitative estimate of drug-likeness (QED) is 0.879. The van der Waals surface area contributed by atoms with Gasteiger partial charge >= 0.3 is 0 Å². The molecule has 2 nitrogen and oxygen atoms in total. The Morgan fingerprint density at radius 2 is 1.95 bits per heavy atom. The van der Waals surface area contributed by atoms with Crippen LogP contribution in [0.1, 0.15) is 15.9 Å². The zero-order valence-electron chi connectivity index (χ0n) is 10.0. The smallest absolute Gasteiger partial charge is 0.258 e. The summed E-state index contributed by atoms with van der Waals surface area (Å²) in [6.45, 7) is 1.77. The van der Waals surface area contributed by atoms with Gasteiger partial charge in [0.15, 0.2) is 11.6 Å². The lowest BCUT2D eigenvalue weighted by Crippen LogP contribution is -2.15. The number of nitrogens with one attached hydrogen (secondary N) is 1. The molecule has 0 fully saturated rings. The standard InChI is InChI=1S/C14H10ClF2NO/c1-8-5-6-9(15)7-12(8)18-14(19)10-3-2-4-11(16)13(10)17/h2-7H,1H3,(H,18,19). The van der Waals surface area contributed by atoms with Crippen LogP contribution in [0.5, 0.6) is 0 Å². The summed E-state index contributed by atoms with van der Waals surface area (Å²) in [5.41, 5.74) is 0.884. The van der Waals surface area contributed by atoms with E-state index in [0.29, 0.717) is 10.7 Å². The predicted molar refractivity (Wildman–Crippen MR) is 70.5 cm³/mol. The molecule has 0 atom stereocenters. The molecule has 1 amide bonds. The second-order valence-electron chi connectivity index (χ2n) is 4.01. The molecular formula is C14H10ClF2NO. The molecule has 5 heteroatoms. The number of hydrogen-bond donors (Lipinski definition) is 1. The highest BCUT2D eigenvalue weighted by Crippen LogP contribution is 2.21. The summed E-state index contributed by atoms with van der Waals surface area (Å²) in [4.78, 5) is 11.9. The average Bonchev–Trinajstić information content (AvgIpc) is 2.37. The van der Waals surface area contributed by atoms with E-state index in [9.17, 15) is 13.6 Å². The van der Waals surface area contributed by atoms with Crippen LogP contribution in [0.2, 0.25) is 5.02 Å². The molecule has 0 aliphatic carbocycles. The van der Waals surface area contributed by atoms with Crippen molar-refractivity contribution in [3.63, 3.8) is 0 Å². The first-order valence-corrected chi connectivity index (χ1v) is 5.88. The van der Waals surface area contributed by atoms with Gasteiger partial charge in [0, 0.05) is 10.7 Å². The lowest BCUT2D eigenvalue weighted by atomic mass is 10.1. The molecule has 0 aliphatic heterocycles. The predicted octanol–water partition coefficient (Wildman–Crippen LogP) is 4.18. The van der Waals surface area contributed by atoms with Crippen molar-refractivity contribution in [2.75, 3.05) is 5.32 Å². The molecule has 0 unspecified atom stereocenters. The van der Waals surface area contributed by atoms with Gasteiger partial charge in [-0.05, 0) is 36.8 Å². The van der Waals surface area contributed by atoms with Crippen molar-refractivity contribution < 1.29 is 13.6 Å². The lowest BCUT2D eigenvalue weighted by Gasteiger charge is -2.09. The van der Waals surface area contributed by atoms with Gasteiger partial charge in [0.05, 0.1) is 5.56 Å². The minimum absolute atomic E-state index is 0.348. The molecule has 0 radical (unpaired) electrons. The minimum atomic E-state index is -1.17. The van der Waals surface area contributed by atoms with Gasteiger partial charge in [0.2, 0.25) is 0 Å². The van der Waals surface area contributed by atoms with Crippen LogP contribution in [0.3, 0.4) is 0 Å². The molecule has 2 aromatic carbocycles. The van der Waals surface area contributed by atoms with Crippen molar-refractivity contribution in [1.82, 2.24) is 0 Å². The van der Waals surface area contributed by atoms with Crippen molar-refractivity contribution in [1.29, 1.82) is 0 Å². The van der Waals surface area contributed by atoms with Gasteiger partial charge in [0.25, 0.3) is 5.91 Å². The van der Waals surface area contributed by atoms with Crippen LogP contribution in [0, 0.1) is 18.6 Å². The molecule has 0 saturated heterocycles. The molecule has 2 aromatic rings. The number of aryl methyl sites for hydroxylation is 1. The number of rotatable bonds is 2. The summed E-state index contributed by atoms with van der Waals surface area (Å²) in [6.07, 6.45) is 0. The SMILES string of the molecule is Cc1ccc(Cl)cc1NC(=O)c1cccc(F)c1F. The normalized spacial score (nSPS) is 10.3. The molecule has 0 spiro atoms. The van der Waals surface area contributed by atoms with Crippen LogP contribution in [-0.4, -0.2) is 5.91 Å². The monoisotopic (exact) mass is 281 g/mol. The van der Waals surface area contributed by atoms with Gasteiger partial charge in [-0.15, -0.1) is 0 Å². The molecule has 2 rings (SSSR count). The fraction of sp³-hybridized carbons (Fsp3) is 0.0714. The molecule has 0 saturated carbocycles. The largest absolute Gasteiger partial charge is 0.322 e. The first kappa shape index (κ1) is 13.5. The van der Waals surface area contributed by atoms with E-state index in [4.69, 9.17) is 11.6 Å². The third-order valence-electron chi connectivity index (χ3n) is 2.64. The number of amides is 1. The Hall–Kier alpha value is -1.94. The summed E-state index contributed by atoms with van der Waals surface area (Å²) >= 11 is 5.82. The van der Waals surface area contributed by atoms with E-state index in [1.54, 1.807) is 25.1 Å². The summed E-state index contributed by atoms with van der Waals surface area (Å²) in [7, 11) is 0. The second kappa shape index (κ2) is 5.36. The van der Waals surface area contributed by atoms with Crippen molar-refractivity contribution >= 4 is 23.2 Å². The fourth-order valence-electron chi connectivity index (χ4n) is 1.60. The summed E-state index contributed by atoms with van der Waals surface area (Å²) < 4.78 is 26.5. The fourth-order valence-corrected chi connectivity index (χ4v) is 1.77. The van der Waals surface area contributed by atoms with Gasteiger partial charge < -0.3 is 5.32 Å². The van der Waals surface area contributed by atoms with E-state index < -0.39 is 17.5 Å². The molecule has 19 heavy (non-hydrogen) atoms. The number of carbonyl (C=O) groups is 1. The molecule has 0 aliphatic rings. The Bertz CT molecular complexity index is 643. The van der Waals surface area contributed by atoms with E-state index in [1.807, 2.05) is 0 Å². The Labute approximate surface area is 114 Å². The van der Waals surface area contributed by atoms with Crippen LogP contribution in [-0.2, 0) is 0 Å². The van der Waals surface area contributed by atoms with E-state index in [-0.39, 0.29) is 5.56 Å². The van der Waals surface area contributed by atoms with Crippen LogP contribution in [0.4, 0.5) is 14.5 Å². The van der Waals surface area contributed by atoms with Gasteiger partial charge in [-0.2, -0.15) is 0 Å². The summed E-state index contributed by atoms with van der Waals surface area (Å²) in [6, 6.07) is 8.39. The third-order valence-corrected chi connectivity index (χ3v) is 2.88. The molecular weight excluding hydrogens is 272 g/mol. The Kier molecular flexibility index (Phi) is 3.81. The van der Waals surface area contributed by atoms with Crippen molar-refractivity contribution in [2.24, 2.45) is 0 Å². The summed E-state index contributed by atoms with van der Waals surface area (Å²) in [5, 5.41) is 2.95. The van der Waals surface area contributed by atoms with E-state index in [1.165, 1.54) is 12.1 Å². The maximum absolute atomic E-state index is 13.5. The minimum Gasteiger partial charge on any atom is -0.322 e. The Morgan fingerprint density at radius 1 is 1.21 bits per heavy atom. The number of anilines is 1. The van der Waals surface area contributed by atoms with Crippen molar-refractivity contribution in [3.05, 3.63) is 64.2 Å². The second-order valence-corrected chi connectivity index (χ2v) is 4.45. The van der Waals surface area contributed by atoms with Crippen LogP contribution >= 0.6 is 11.6 Å². The molecule has 1 N–H and O–H groups in total.